The Balaban J connectivity index is 1.65. The molecule has 1 saturated heterocycles. The molecule has 2 aromatic rings. The average molecular weight is 343 g/mol. The van der Waals surface area contributed by atoms with E-state index in [2.05, 4.69) is 37.5 Å². The molecule has 2 N–H and O–H groups in total. The highest BCUT2D eigenvalue weighted by Crippen LogP contribution is 2.17. The maximum Gasteiger partial charge on any atom is 0.274 e. The molecule has 134 valence electrons. The van der Waals surface area contributed by atoms with Crippen LogP contribution in [0.1, 0.15) is 32.0 Å². The Kier molecular flexibility index (Phi) is 5.15. The van der Waals surface area contributed by atoms with Gasteiger partial charge in [-0.1, -0.05) is 32.9 Å². The molecule has 1 aliphatic rings. The maximum atomic E-state index is 12.1. The van der Waals surface area contributed by atoms with E-state index >= 15 is 0 Å². The van der Waals surface area contributed by atoms with E-state index in [-0.39, 0.29) is 11.0 Å². The highest BCUT2D eigenvalue weighted by Gasteiger charge is 2.20. The van der Waals surface area contributed by atoms with Crippen molar-refractivity contribution in [3.05, 3.63) is 45.9 Å². The van der Waals surface area contributed by atoms with Gasteiger partial charge in [0, 0.05) is 30.7 Å². The van der Waals surface area contributed by atoms with Gasteiger partial charge in [-0.2, -0.15) is 0 Å². The third-order valence-electron chi connectivity index (χ3n) is 4.13. The summed E-state index contributed by atoms with van der Waals surface area (Å²) in [7, 11) is 0. The number of ether oxygens (including phenoxy) is 1. The zero-order valence-corrected chi connectivity index (χ0v) is 15.0. The van der Waals surface area contributed by atoms with Gasteiger partial charge in [-0.15, -0.1) is 10.2 Å². The van der Waals surface area contributed by atoms with Crippen molar-refractivity contribution >= 4 is 11.6 Å². The van der Waals surface area contributed by atoms with Crippen molar-refractivity contribution in [1.82, 2.24) is 20.1 Å². The summed E-state index contributed by atoms with van der Waals surface area (Å²) >= 11 is 0. The van der Waals surface area contributed by atoms with Crippen molar-refractivity contribution in [1.29, 1.82) is 0 Å². The molecule has 0 bridgehead atoms. The Morgan fingerprint density at radius 2 is 1.84 bits per heavy atom. The SMILES string of the molecule is CC(C)(C)c1nnc(Nc2ccc(CN3CCOCC3)cc2)[nH]c1=O. The molecule has 0 spiro atoms. The Labute approximate surface area is 147 Å². The molecule has 0 radical (unpaired) electrons. The number of hydrogen-bond donors (Lipinski definition) is 2. The number of nitrogens with zero attached hydrogens (tertiary/aromatic N) is 3. The molecule has 1 aromatic carbocycles. The number of benzene rings is 1. The predicted molar refractivity (Wildman–Crippen MR) is 97.2 cm³/mol. The van der Waals surface area contributed by atoms with Gasteiger partial charge in [0.05, 0.1) is 13.2 Å². The van der Waals surface area contributed by atoms with Crippen molar-refractivity contribution < 1.29 is 4.74 Å². The Morgan fingerprint density at radius 1 is 1.16 bits per heavy atom. The van der Waals surface area contributed by atoms with Crippen LogP contribution < -0.4 is 10.9 Å². The summed E-state index contributed by atoms with van der Waals surface area (Å²) in [5.41, 5.74) is 1.99. The van der Waals surface area contributed by atoms with Crippen molar-refractivity contribution in [2.45, 2.75) is 32.7 Å². The molecule has 7 nitrogen and oxygen atoms in total. The average Bonchev–Trinajstić information content (AvgIpc) is 2.56. The summed E-state index contributed by atoms with van der Waals surface area (Å²) in [5, 5.41) is 11.2. The summed E-state index contributed by atoms with van der Waals surface area (Å²) in [6, 6.07) is 8.11. The van der Waals surface area contributed by atoms with E-state index in [9.17, 15) is 4.79 Å². The summed E-state index contributed by atoms with van der Waals surface area (Å²) in [5.74, 6) is 0.346. The largest absolute Gasteiger partial charge is 0.379 e. The molecular weight excluding hydrogens is 318 g/mol. The zero-order valence-electron chi connectivity index (χ0n) is 15.0. The highest BCUT2D eigenvalue weighted by molar-refractivity contribution is 5.53. The first-order chi connectivity index (χ1) is 11.9. The van der Waals surface area contributed by atoms with Crippen LogP contribution in [0.3, 0.4) is 0 Å². The first kappa shape index (κ1) is 17.6. The van der Waals surface area contributed by atoms with Crippen LogP contribution in [0.25, 0.3) is 0 Å². The fourth-order valence-corrected chi connectivity index (χ4v) is 2.73. The van der Waals surface area contributed by atoms with Crippen LogP contribution in [0.15, 0.2) is 29.1 Å². The van der Waals surface area contributed by atoms with Gasteiger partial charge in [0.1, 0.15) is 5.69 Å². The van der Waals surface area contributed by atoms with E-state index in [0.717, 1.165) is 38.5 Å². The van der Waals surface area contributed by atoms with E-state index in [1.807, 2.05) is 32.9 Å². The minimum absolute atomic E-state index is 0.214. The first-order valence-electron chi connectivity index (χ1n) is 8.55. The standard InChI is InChI=1S/C18H25N5O2/c1-18(2,3)15-16(24)20-17(22-21-15)19-14-6-4-13(5-7-14)12-23-8-10-25-11-9-23/h4-7H,8-12H2,1-3H3,(H2,19,20,22,24). The molecule has 1 aliphatic heterocycles. The zero-order chi connectivity index (χ0) is 17.9. The number of rotatable bonds is 4. The van der Waals surface area contributed by atoms with Crippen LogP contribution >= 0.6 is 0 Å². The van der Waals surface area contributed by atoms with E-state index in [1.54, 1.807) is 0 Å². The third kappa shape index (κ3) is 4.64. The van der Waals surface area contributed by atoms with Gasteiger partial charge in [-0.3, -0.25) is 14.7 Å². The number of nitrogens with one attached hydrogen (secondary N) is 2. The molecule has 3 rings (SSSR count). The summed E-state index contributed by atoms with van der Waals surface area (Å²) < 4.78 is 5.37. The number of H-pyrrole nitrogens is 1. The second-order valence-corrected chi connectivity index (χ2v) is 7.31. The van der Waals surface area contributed by atoms with Gasteiger partial charge in [-0.25, -0.2) is 0 Å². The number of morpholine rings is 1. The fraction of sp³-hybridized carbons (Fsp3) is 0.500. The van der Waals surface area contributed by atoms with Crippen LogP contribution in [-0.2, 0) is 16.7 Å². The van der Waals surface area contributed by atoms with Crippen molar-refractivity contribution in [2.24, 2.45) is 0 Å². The monoisotopic (exact) mass is 343 g/mol. The van der Waals surface area contributed by atoms with Crippen LogP contribution in [0, 0.1) is 0 Å². The smallest absolute Gasteiger partial charge is 0.274 e. The molecule has 0 unspecified atom stereocenters. The summed E-state index contributed by atoms with van der Waals surface area (Å²) in [6.45, 7) is 10.3. The molecule has 0 amide bonds. The quantitative estimate of drug-likeness (QED) is 0.884. The van der Waals surface area contributed by atoms with E-state index in [0.29, 0.717) is 11.6 Å². The minimum atomic E-state index is -0.333. The Bertz CT molecular complexity index is 758. The normalized spacial score (nSPS) is 16.0. The molecule has 1 aromatic heterocycles. The number of aromatic nitrogens is 3. The lowest BCUT2D eigenvalue weighted by Gasteiger charge is -2.26. The van der Waals surface area contributed by atoms with Gasteiger partial charge in [-0.05, 0) is 17.7 Å². The summed E-state index contributed by atoms with van der Waals surface area (Å²) in [4.78, 5) is 17.3. The number of hydrogen-bond acceptors (Lipinski definition) is 6. The third-order valence-corrected chi connectivity index (χ3v) is 4.13. The lowest BCUT2D eigenvalue weighted by atomic mass is 9.93. The van der Waals surface area contributed by atoms with Crippen molar-refractivity contribution in [3.63, 3.8) is 0 Å². The molecule has 7 heteroatoms. The molecule has 25 heavy (non-hydrogen) atoms. The molecule has 1 fully saturated rings. The Morgan fingerprint density at radius 3 is 2.44 bits per heavy atom. The first-order valence-corrected chi connectivity index (χ1v) is 8.55. The second kappa shape index (κ2) is 7.33. The molecule has 0 aliphatic carbocycles. The van der Waals surface area contributed by atoms with Crippen LogP contribution in [0.4, 0.5) is 11.6 Å². The van der Waals surface area contributed by atoms with Crippen LogP contribution in [-0.4, -0.2) is 46.4 Å². The molecule has 2 heterocycles. The van der Waals surface area contributed by atoms with Gasteiger partial charge < -0.3 is 10.1 Å². The Hall–Kier alpha value is -2.25. The van der Waals surface area contributed by atoms with Gasteiger partial charge in [0.2, 0.25) is 5.95 Å². The topological polar surface area (TPSA) is 83.1 Å². The molecule has 0 saturated carbocycles. The predicted octanol–water partition coefficient (Wildman–Crippen LogP) is 2.04. The van der Waals surface area contributed by atoms with Gasteiger partial charge in [0.25, 0.3) is 5.56 Å². The molecule has 0 atom stereocenters. The second-order valence-electron chi connectivity index (χ2n) is 7.31. The van der Waals surface area contributed by atoms with E-state index in [1.165, 1.54) is 5.56 Å². The lowest BCUT2D eigenvalue weighted by Crippen LogP contribution is -2.35. The van der Waals surface area contributed by atoms with Crippen LogP contribution in [0.5, 0.6) is 0 Å². The van der Waals surface area contributed by atoms with Crippen molar-refractivity contribution in [2.75, 3.05) is 31.6 Å². The number of anilines is 2. The van der Waals surface area contributed by atoms with Crippen LogP contribution in [0.2, 0.25) is 0 Å². The minimum Gasteiger partial charge on any atom is -0.379 e. The van der Waals surface area contributed by atoms with Gasteiger partial charge in [0.15, 0.2) is 0 Å². The molecular formula is C18H25N5O2. The highest BCUT2D eigenvalue weighted by atomic mass is 16.5. The maximum absolute atomic E-state index is 12.1. The van der Waals surface area contributed by atoms with E-state index in [4.69, 9.17) is 4.74 Å². The van der Waals surface area contributed by atoms with Crippen molar-refractivity contribution in [3.8, 4) is 0 Å². The number of aromatic amines is 1. The fourth-order valence-electron chi connectivity index (χ4n) is 2.73. The van der Waals surface area contributed by atoms with Gasteiger partial charge >= 0.3 is 0 Å². The summed E-state index contributed by atoms with van der Waals surface area (Å²) in [6.07, 6.45) is 0. The van der Waals surface area contributed by atoms with E-state index < -0.39 is 0 Å². The lowest BCUT2D eigenvalue weighted by molar-refractivity contribution is 0.0342.